The van der Waals surface area contributed by atoms with Gasteiger partial charge in [0.1, 0.15) is 0 Å². The Bertz CT molecular complexity index is 518. The largest absolute Gasteiger partial charge is 0.326 e. The van der Waals surface area contributed by atoms with Crippen molar-refractivity contribution in [3.8, 4) is 0 Å². The first-order valence-corrected chi connectivity index (χ1v) is 7.09. The van der Waals surface area contributed by atoms with Crippen molar-refractivity contribution in [3.05, 3.63) is 24.3 Å². The summed E-state index contributed by atoms with van der Waals surface area (Å²) in [6.07, 6.45) is 0. The van der Waals surface area contributed by atoms with Gasteiger partial charge in [0, 0.05) is 16.8 Å². The minimum Gasteiger partial charge on any atom is -0.326 e. The Morgan fingerprint density at radius 2 is 1.62 bits per heavy atom. The molecule has 4 N–H and O–H groups in total. The van der Waals surface area contributed by atoms with Crippen LogP contribution in [0.25, 0.3) is 0 Å². The van der Waals surface area contributed by atoms with E-state index in [4.69, 9.17) is 5.73 Å². The van der Waals surface area contributed by atoms with Crippen LogP contribution in [0.3, 0.4) is 0 Å². The summed E-state index contributed by atoms with van der Waals surface area (Å²) in [4.78, 5) is 23.9. The van der Waals surface area contributed by atoms with Crippen LogP contribution in [0, 0.1) is 11.3 Å². The van der Waals surface area contributed by atoms with Crippen LogP contribution in [-0.4, -0.2) is 17.9 Å². The molecule has 116 valence electrons. The number of carbonyl (C=O) groups excluding carboxylic acids is 2. The molecule has 21 heavy (non-hydrogen) atoms. The van der Waals surface area contributed by atoms with Gasteiger partial charge in [-0.3, -0.25) is 9.59 Å². The van der Waals surface area contributed by atoms with Gasteiger partial charge < -0.3 is 16.4 Å². The second-order valence-corrected chi connectivity index (χ2v) is 6.54. The van der Waals surface area contributed by atoms with E-state index in [2.05, 4.69) is 10.6 Å². The zero-order chi connectivity index (χ0) is 16.2. The predicted octanol–water partition coefficient (Wildman–Crippen LogP) is 2.59. The highest BCUT2D eigenvalue weighted by molar-refractivity contribution is 5.97. The number of rotatable bonds is 4. The van der Waals surface area contributed by atoms with Crippen LogP contribution in [0.4, 0.5) is 11.4 Å². The lowest BCUT2D eigenvalue weighted by molar-refractivity contribution is -0.123. The van der Waals surface area contributed by atoms with Gasteiger partial charge in [0.15, 0.2) is 0 Å². The molecule has 0 fully saturated rings. The van der Waals surface area contributed by atoms with Crippen molar-refractivity contribution in [3.63, 3.8) is 0 Å². The van der Waals surface area contributed by atoms with E-state index in [9.17, 15) is 9.59 Å². The van der Waals surface area contributed by atoms with Gasteiger partial charge in [-0.05, 0) is 24.1 Å². The van der Waals surface area contributed by atoms with Gasteiger partial charge in [0.05, 0.1) is 6.04 Å². The summed E-state index contributed by atoms with van der Waals surface area (Å²) in [6, 6.07) is 6.47. The molecule has 0 aliphatic heterocycles. The average Bonchev–Trinajstić information content (AvgIpc) is 2.36. The third-order valence-corrected chi connectivity index (χ3v) is 3.09. The number of hydrogen-bond donors (Lipinski definition) is 3. The first-order chi connectivity index (χ1) is 9.61. The molecular formula is C16H25N3O2. The molecule has 1 aromatic rings. The molecule has 0 aliphatic carbocycles. The zero-order valence-corrected chi connectivity index (χ0v) is 13.4. The summed E-state index contributed by atoms with van der Waals surface area (Å²) >= 11 is 0. The monoisotopic (exact) mass is 291 g/mol. The fourth-order valence-corrected chi connectivity index (χ4v) is 1.52. The van der Waals surface area contributed by atoms with Crippen LogP contribution in [0.15, 0.2) is 24.3 Å². The maximum Gasteiger partial charge on any atom is 0.241 e. The topological polar surface area (TPSA) is 84.2 Å². The Kier molecular flexibility index (Phi) is 5.49. The minimum absolute atomic E-state index is 0.0637. The summed E-state index contributed by atoms with van der Waals surface area (Å²) in [5.41, 5.74) is 6.59. The highest BCUT2D eigenvalue weighted by Crippen LogP contribution is 2.20. The summed E-state index contributed by atoms with van der Waals surface area (Å²) in [5, 5.41) is 5.59. The standard InChI is InChI=1S/C16H25N3O2/c1-10(2)13(17)14(20)18-11-7-6-8-12(9-11)19-15(21)16(3,4)5/h6-10,13H,17H2,1-5H3,(H,18,20)(H,19,21)/t13-/m1/s1. The number of hydrogen-bond acceptors (Lipinski definition) is 3. The second kappa shape index (κ2) is 6.72. The van der Waals surface area contributed by atoms with Crippen LogP contribution >= 0.6 is 0 Å². The van der Waals surface area contributed by atoms with Crippen LogP contribution < -0.4 is 16.4 Å². The summed E-state index contributed by atoms with van der Waals surface area (Å²) in [7, 11) is 0. The lowest BCUT2D eigenvalue weighted by Gasteiger charge is -2.18. The van der Waals surface area contributed by atoms with Crippen molar-refractivity contribution in [1.82, 2.24) is 0 Å². The van der Waals surface area contributed by atoms with Gasteiger partial charge in [-0.15, -0.1) is 0 Å². The SMILES string of the molecule is CC(C)[C@@H](N)C(=O)Nc1cccc(NC(=O)C(C)(C)C)c1. The summed E-state index contributed by atoms with van der Waals surface area (Å²) in [5.74, 6) is -0.247. The molecule has 0 saturated carbocycles. The Morgan fingerprint density at radius 3 is 2.10 bits per heavy atom. The molecule has 0 aliphatic rings. The van der Waals surface area contributed by atoms with Crippen LogP contribution in [0.5, 0.6) is 0 Å². The number of benzene rings is 1. The molecule has 5 heteroatoms. The highest BCUT2D eigenvalue weighted by atomic mass is 16.2. The van der Waals surface area contributed by atoms with Gasteiger partial charge in [0.25, 0.3) is 0 Å². The van der Waals surface area contributed by atoms with E-state index in [-0.39, 0.29) is 17.7 Å². The van der Waals surface area contributed by atoms with Crippen molar-refractivity contribution >= 4 is 23.2 Å². The smallest absolute Gasteiger partial charge is 0.241 e. The van der Waals surface area contributed by atoms with Crippen molar-refractivity contribution in [2.45, 2.75) is 40.7 Å². The number of carbonyl (C=O) groups is 2. The van der Waals surface area contributed by atoms with E-state index < -0.39 is 11.5 Å². The van der Waals surface area contributed by atoms with E-state index >= 15 is 0 Å². The molecule has 0 bridgehead atoms. The van der Waals surface area contributed by atoms with E-state index in [1.807, 2.05) is 34.6 Å². The molecule has 0 radical (unpaired) electrons. The van der Waals surface area contributed by atoms with Gasteiger partial charge in [0.2, 0.25) is 11.8 Å². The number of anilines is 2. The molecule has 1 atom stereocenters. The summed E-state index contributed by atoms with van der Waals surface area (Å²) < 4.78 is 0. The molecule has 0 unspecified atom stereocenters. The lowest BCUT2D eigenvalue weighted by atomic mass is 9.95. The van der Waals surface area contributed by atoms with Crippen molar-refractivity contribution in [2.75, 3.05) is 10.6 Å². The summed E-state index contributed by atoms with van der Waals surface area (Å²) in [6.45, 7) is 9.31. The van der Waals surface area contributed by atoms with Crippen molar-refractivity contribution in [1.29, 1.82) is 0 Å². The van der Waals surface area contributed by atoms with E-state index in [0.717, 1.165) is 0 Å². The molecule has 0 saturated heterocycles. The fraction of sp³-hybridized carbons (Fsp3) is 0.500. The quantitative estimate of drug-likeness (QED) is 0.797. The normalized spacial score (nSPS) is 12.9. The predicted molar refractivity (Wildman–Crippen MR) is 86.0 cm³/mol. The van der Waals surface area contributed by atoms with Gasteiger partial charge >= 0.3 is 0 Å². The van der Waals surface area contributed by atoms with Gasteiger partial charge in [-0.1, -0.05) is 40.7 Å². The Morgan fingerprint density at radius 1 is 1.10 bits per heavy atom. The van der Waals surface area contributed by atoms with Crippen molar-refractivity contribution in [2.24, 2.45) is 17.1 Å². The molecule has 2 amide bonds. The third-order valence-electron chi connectivity index (χ3n) is 3.09. The molecule has 1 rings (SSSR count). The fourth-order valence-electron chi connectivity index (χ4n) is 1.52. The first-order valence-electron chi connectivity index (χ1n) is 7.09. The van der Waals surface area contributed by atoms with Crippen LogP contribution in [-0.2, 0) is 9.59 Å². The third kappa shape index (κ3) is 5.19. The number of nitrogens with one attached hydrogen (secondary N) is 2. The molecule has 1 aromatic carbocycles. The first kappa shape index (κ1) is 17.2. The lowest BCUT2D eigenvalue weighted by Crippen LogP contribution is -2.39. The molecule has 0 spiro atoms. The number of amides is 2. The molecule has 5 nitrogen and oxygen atoms in total. The van der Waals surface area contributed by atoms with E-state index in [0.29, 0.717) is 11.4 Å². The second-order valence-electron chi connectivity index (χ2n) is 6.54. The van der Waals surface area contributed by atoms with E-state index in [1.54, 1.807) is 24.3 Å². The van der Waals surface area contributed by atoms with Gasteiger partial charge in [-0.2, -0.15) is 0 Å². The Labute approximate surface area is 126 Å². The average molecular weight is 291 g/mol. The Balaban J connectivity index is 2.78. The Hall–Kier alpha value is -1.88. The molecule has 0 aromatic heterocycles. The molecular weight excluding hydrogens is 266 g/mol. The van der Waals surface area contributed by atoms with E-state index in [1.165, 1.54) is 0 Å². The highest BCUT2D eigenvalue weighted by Gasteiger charge is 2.21. The zero-order valence-electron chi connectivity index (χ0n) is 13.4. The van der Waals surface area contributed by atoms with Crippen molar-refractivity contribution < 1.29 is 9.59 Å². The van der Waals surface area contributed by atoms with Crippen LogP contribution in [0.2, 0.25) is 0 Å². The maximum atomic E-state index is 11.9. The molecule has 0 heterocycles. The maximum absolute atomic E-state index is 11.9. The minimum atomic E-state index is -0.558. The van der Waals surface area contributed by atoms with Crippen LogP contribution in [0.1, 0.15) is 34.6 Å². The van der Waals surface area contributed by atoms with Gasteiger partial charge in [-0.25, -0.2) is 0 Å². The number of nitrogens with two attached hydrogens (primary N) is 1.